The number of para-hydroxylation sites is 3. The second-order valence-corrected chi connectivity index (χ2v) is 6.43. The van der Waals surface area contributed by atoms with Crippen LogP contribution in [0.1, 0.15) is 21.4 Å². The highest BCUT2D eigenvalue weighted by Crippen LogP contribution is 2.41. The van der Waals surface area contributed by atoms with E-state index in [9.17, 15) is 4.79 Å². The van der Waals surface area contributed by atoms with Gasteiger partial charge in [0, 0.05) is 10.6 Å². The van der Waals surface area contributed by atoms with Crippen molar-refractivity contribution in [3.8, 4) is 5.75 Å². The zero-order chi connectivity index (χ0) is 16.5. The fourth-order valence-electron chi connectivity index (χ4n) is 2.98. The molecule has 0 unspecified atom stereocenters. The lowest BCUT2D eigenvalue weighted by Gasteiger charge is -2.37. The van der Waals surface area contributed by atoms with Crippen molar-refractivity contribution < 1.29 is 9.53 Å². The summed E-state index contributed by atoms with van der Waals surface area (Å²) in [5, 5.41) is 5.51. The highest BCUT2D eigenvalue weighted by atomic mass is 32.1. The van der Waals surface area contributed by atoms with Crippen LogP contribution in [0.15, 0.2) is 66.0 Å². The van der Waals surface area contributed by atoms with Gasteiger partial charge in [0.1, 0.15) is 11.9 Å². The molecule has 4 nitrogen and oxygen atoms in total. The van der Waals surface area contributed by atoms with Gasteiger partial charge >= 0.3 is 0 Å². The number of amides is 1. The molecule has 5 heteroatoms. The molecule has 120 valence electrons. The summed E-state index contributed by atoms with van der Waals surface area (Å²) >= 11 is 1.62. The molecule has 0 aliphatic carbocycles. The summed E-state index contributed by atoms with van der Waals surface area (Å²) in [6.07, 6.45) is -0.260. The van der Waals surface area contributed by atoms with Crippen molar-refractivity contribution in [2.24, 2.45) is 0 Å². The third-order valence-corrected chi connectivity index (χ3v) is 5.01. The summed E-state index contributed by atoms with van der Waals surface area (Å²) in [7, 11) is 1.62. The Labute approximate surface area is 144 Å². The van der Waals surface area contributed by atoms with E-state index in [1.54, 1.807) is 23.3 Å². The Hall–Kier alpha value is -2.79. The van der Waals surface area contributed by atoms with E-state index in [0.29, 0.717) is 11.3 Å². The average Bonchev–Trinajstić information content (AvgIpc) is 3.16. The van der Waals surface area contributed by atoms with Crippen molar-refractivity contribution in [2.75, 3.05) is 17.3 Å². The largest absolute Gasteiger partial charge is 0.495 e. The minimum absolute atomic E-state index is 0.0350. The van der Waals surface area contributed by atoms with E-state index >= 15 is 0 Å². The van der Waals surface area contributed by atoms with Gasteiger partial charge in [-0.15, -0.1) is 11.3 Å². The van der Waals surface area contributed by atoms with E-state index in [-0.39, 0.29) is 12.1 Å². The van der Waals surface area contributed by atoms with Crippen molar-refractivity contribution in [1.29, 1.82) is 0 Å². The predicted molar refractivity (Wildman–Crippen MR) is 96.9 cm³/mol. The van der Waals surface area contributed by atoms with E-state index in [1.807, 2.05) is 66.0 Å². The summed E-state index contributed by atoms with van der Waals surface area (Å²) in [6.45, 7) is 0. The predicted octanol–water partition coefficient (Wildman–Crippen LogP) is 4.53. The Morgan fingerprint density at radius 3 is 2.62 bits per heavy atom. The monoisotopic (exact) mass is 336 g/mol. The van der Waals surface area contributed by atoms with Gasteiger partial charge in [-0.3, -0.25) is 9.69 Å². The molecule has 1 aliphatic rings. The van der Waals surface area contributed by atoms with Crippen LogP contribution in [0.25, 0.3) is 0 Å². The molecule has 1 atom stereocenters. The van der Waals surface area contributed by atoms with Crippen LogP contribution in [0, 0.1) is 0 Å². The molecule has 0 saturated heterocycles. The Bertz CT molecular complexity index is 877. The maximum Gasteiger partial charge on any atom is 0.262 e. The molecule has 2 heterocycles. The Kier molecular flexibility index (Phi) is 3.70. The fourth-order valence-corrected chi connectivity index (χ4v) is 3.74. The van der Waals surface area contributed by atoms with Crippen LogP contribution >= 0.6 is 11.3 Å². The highest BCUT2D eigenvalue weighted by molar-refractivity contribution is 7.10. The number of nitrogens with one attached hydrogen (secondary N) is 1. The van der Waals surface area contributed by atoms with Crippen LogP contribution in [0.5, 0.6) is 5.75 Å². The smallest absolute Gasteiger partial charge is 0.262 e. The second-order valence-electron chi connectivity index (χ2n) is 5.45. The number of benzene rings is 2. The van der Waals surface area contributed by atoms with Gasteiger partial charge in [-0.2, -0.15) is 0 Å². The van der Waals surface area contributed by atoms with Crippen molar-refractivity contribution in [1.82, 2.24) is 0 Å². The molecule has 0 fully saturated rings. The number of anilines is 2. The molecule has 1 aliphatic heterocycles. The molecule has 1 aromatic heterocycles. The maximum absolute atomic E-state index is 13.2. The number of ether oxygens (including phenoxy) is 1. The standard InChI is InChI=1S/C19H16N2O2S/c1-23-16-10-5-4-9-15(16)21-18(17-11-6-12-24-17)20-14-8-3-2-7-13(14)19(21)22/h2-12,18,20H,1H3/t18-/m1/s1. The lowest BCUT2D eigenvalue weighted by Crippen LogP contribution is -2.43. The van der Waals surface area contributed by atoms with Crippen LogP contribution in [-0.2, 0) is 0 Å². The zero-order valence-electron chi connectivity index (χ0n) is 13.1. The number of hydrogen-bond donors (Lipinski definition) is 1. The number of nitrogens with zero attached hydrogens (tertiary/aromatic N) is 1. The quantitative estimate of drug-likeness (QED) is 0.764. The summed E-state index contributed by atoms with van der Waals surface area (Å²) in [5.74, 6) is 0.640. The number of carbonyl (C=O) groups excluding carboxylic acids is 1. The molecule has 0 spiro atoms. The van der Waals surface area contributed by atoms with Gasteiger partial charge in [0.15, 0.2) is 0 Å². The van der Waals surface area contributed by atoms with E-state index in [4.69, 9.17) is 4.74 Å². The molecule has 3 aromatic rings. The summed E-state index contributed by atoms with van der Waals surface area (Å²) in [5.41, 5.74) is 2.27. The minimum atomic E-state index is -0.260. The fraction of sp³-hybridized carbons (Fsp3) is 0.105. The van der Waals surface area contributed by atoms with Crippen LogP contribution in [0.4, 0.5) is 11.4 Å². The van der Waals surface area contributed by atoms with Crippen molar-refractivity contribution in [2.45, 2.75) is 6.17 Å². The second kappa shape index (κ2) is 6.02. The summed E-state index contributed by atoms with van der Waals surface area (Å²) in [6, 6.07) is 19.2. The molecule has 0 bridgehead atoms. The van der Waals surface area contributed by atoms with Gasteiger partial charge in [-0.1, -0.05) is 30.3 Å². The molecule has 4 rings (SSSR count). The van der Waals surface area contributed by atoms with E-state index in [2.05, 4.69) is 5.32 Å². The SMILES string of the molecule is COc1ccccc1N1C(=O)c2ccccc2N[C@H]1c1cccs1. The van der Waals surface area contributed by atoms with E-state index < -0.39 is 0 Å². The molecule has 24 heavy (non-hydrogen) atoms. The topological polar surface area (TPSA) is 41.6 Å². The first-order valence-corrected chi connectivity index (χ1v) is 8.53. The number of fused-ring (bicyclic) bond motifs is 1. The number of thiophene rings is 1. The minimum Gasteiger partial charge on any atom is -0.495 e. The number of methoxy groups -OCH3 is 1. The summed E-state index contributed by atoms with van der Waals surface area (Å²) < 4.78 is 5.48. The molecular formula is C19H16N2O2S. The lowest BCUT2D eigenvalue weighted by atomic mass is 10.1. The maximum atomic E-state index is 13.2. The van der Waals surface area contributed by atoms with Gasteiger partial charge in [0.05, 0.1) is 18.4 Å². The van der Waals surface area contributed by atoms with Crippen molar-refractivity contribution in [3.05, 3.63) is 76.5 Å². The van der Waals surface area contributed by atoms with E-state index in [1.165, 1.54) is 0 Å². The van der Waals surface area contributed by atoms with Crippen LogP contribution < -0.4 is 15.0 Å². The average molecular weight is 336 g/mol. The normalized spacial score (nSPS) is 16.5. The third kappa shape index (κ3) is 2.34. The molecule has 1 amide bonds. The van der Waals surface area contributed by atoms with Crippen LogP contribution in [0.2, 0.25) is 0 Å². The van der Waals surface area contributed by atoms with Crippen LogP contribution in [-0.4, -0.2) is 13.0 Å². The van der Waals surface area contributed by atoms with Gasteiger partial charge in [0.25, 0.3) is 5.91 Å². The number of rotatable bonds is 3. The highest BCUT2D eigenvalue weighted by Gasteiger charge is 2.35. The number of carbonyl (C=O) groups is 1. The molecule has 0 radical (unpaired) electrons. The first kappa shape index (κ1) is 14.8. The van der Waals surface area contributed by atoms with Gasteiger partial charge in [-0.05, 0) is 35.7 Å². The number of hydrogen-bond acceptors (Lipinski definition) is 4. The van der Waals surface area contributed by atoms with Gasteiger partial charge in [-0.25, -0.2) is 0 Å². The zero-order valence-corrected chi connectivity index (χ0v) is 13.9. The van der Waals surface area contributed by atoms with Gasteiger partial charge < -0.3 is 10.1 Å². The Morgan fingerprint density at radius 1 is 1.04 bits per heavy atom. The van der Waals surface area contributed by atoms with E-state index in [0.717, 1.165) is 16.3 Å². The van der Waals surface area contributed by atoms with Crippen molar-refractivity contribution >= 4 is 28.6 Å². The van der Waals surface area contributed by atoms with Gasteiger partial charge in [0.2, 0.25) is 0 Å². The molecule has 0 saturated carbocycles. The third-order valence-electron chi connectivity index (χ3n) is 4.08. The Morgan fingerprint density at radius 2 is 1.83 bits per heavy atom. The first-order valence-electron chi connectivity index (χ1n) is 7.65. The van der Waals surface area contributed by atoms with Crippen LogP contribution in [0.3, 0.4) is 0 Å². The molecule has 2 aromatic carbocycles. The Balaban J connectivity index is 1.89. The molecule has 1 N–H and O–H groups in total. The van der Waals surface area contributed by atoms with Crippen molar-refractivity contribution in [3.63, 3.8) is 0 Å². The lowest BCUT2D eigenvalue weighted by molar-refractivity contribution is 0.0974. The first-order chi connectivity index (χ1) is 11.8. The molecular weight excluding hydrogens is 320 g/mol. The summed E-state index contributed by atoms with van der Waals surface area (Å²) in [4.78, 5) is 16.1.